The molecule has 0 bridgehead atoms. The molecule has 0 aromatic heterocycles. The van der Waals surface area contributed by atoms with Crippen LogP contribution in [0, 0.1) is 0 Å². The Hall–Kier alpha value is -1.59. The predicted molar refractivity (Wildman–Crippen MR) is 85.5 cm³/mol. The Labute approximate surface area is 131 Å². The lowest BCUT2D eigenvalue weighted by Gasteiger charge is -2.22. The lowest BCUT2D eigenvalue weighted by molar-refractivity contribution is -0.123. The summed E-state index contributed by atoms with van der Waals surface area (Å²) in [6.45, 7) is 2.86. The smallest absolute Gasteiger partial charge is 0.237 e. The summed E-state index contributed by atoms with van der Waals surface area (Å²) in [5, 5.41) is 8.89. The van der Waals surface area contributed by atoms with Gasteiger partial charge in [0, 0.05) is 19.2 Å². The van der Waals surface area contributed by atoms with Crippen molar-refractivity contribution in [2.24, 2.45) is 0 Å². The number of carbonyl (C=O) groups excluding carboxylic acids is 2. The summed E-state index contributed by atoms with van der Waals surface area (Å²) >= 11 is 0. The van der Waals surface area contributed by atoms with Crippen molar-refractivity contribution in [3.05, 3.63) is 29.8 Å². The molecule has 0 aliphatic carbocycles. The highest BCUT2D eigenvalue weighted by Gasteiger charge is 2.19. The number of halogens is 1. The van der Waals surface area contributed by atoms with Gasteiger partial charge in [-0.2, -0.15) is 0 Å². The van der Waals surface area contributed by atoms with Crippen LogP contribution in [0.1, 0.15) is 31.7 Å². The normalized spacial score (nSPS) is 17.5. The summed E-state index contributed by atoms with van der Waals surface area (Å²) in [6, 6.07) is 7.43. The number of anilines is 1. The van der Waals surface area contributed by atoms with Crippen molar-refractivity contribution in [2.75, 3.05) is 11.9 Å². The van der Waals surface area contributed by atoms with Gasteiger partial charge in [-0.15, -0.1) is 12.4 Å². The van der Waals surface area contributed by atoms with Gasteiger partial charge in [-0.3, -0.25) is 9.59 Å². The first-order valence-corrected chi connectivity index (χ1v) is 7.03. The summed E-state index contributed by atoms with van der Waals surface area (Å²) in [4.78, 5) is 23.0. The zero-order valence-corrected chi connectivity index (χ0v) is 13.0. The topological polar surface area (TPSA) is 70.2 Å². The van der Waals surface area contributed by atoms with E-state index in [1.165, 1.54) is 6.92 Å². The van der Waals surface area contributed by atoms with E-state index in [4.69, 9.17) is 0 Å². The van der Waals surface area contributed by atoms with E-state index < -0.39 is 0 Å². The highest BCUT2D eigenvalue weighted by Crippen LogP contribution is 2.11. The number of hydrogen-bond donors (Lipinski definition) is 3. The van der Waals surface area contributed by atoms with Crippen LogP contribution < -0.4 is 16.0 Å². The molecule has 5 nitrogen and oxygen atoms in total. The number of rotatable bonds is 4. The lowest BCUT2D eigenvalue weighted by atomic mass is 10.0. The second-order valence-corrected chi connectivity index (χ2v) is 5.10. The van der Waals surface area contributed by atoms with Crippen molar-refractivity contribution >= 4 is 29.9 Å². The summed E-state index contributed by atoms with van der Waals surface area (Å²) in [6.07, 6.45) is 3.14. The minimum Gasteiger partial charge on any atom is -0.351 e. The van der Waals surface area contributed by atoms with E-state index in [1.807, 2.05) is 24.3 Å². The maximum absolute atomic E-state index is 12.0. The molecule has 0 spiro atoms. The van der Waals surface area contributed by atoms with E-state index in [-0.39, 0.29) is 30.3 Å². The zero-order chi connectivity index (χ0) is 14.4. The minimum absolute atomic E-state index is 0. The molecule has 1 saturated heterocycles. The highest BCUT2D eigenvalue weighted by molar-refractivity contribution is 5.88. The molecular weight excluding hydrogens is 290 g/mol. The Morgan fingerprint density at radius 2 is 2.14 bits per heavy atom. The van der Waals surface area contributed by atoms with Crippen LogP contribution >= 0.6 is 12.4 Å². The van der Waals surface area contributed by atoms with Crippen LogP contribution in [0.25, 0.3) is 0 Å². The van der Waals surface area contributed by atoms with Crippen LogP contribution in [0.3, 0.4) is 0 Å². The van der Waals surface area contributed by atoms with Gasteiger partial charge in [-0.05, 0) is 37.1 Å². The third-order valence-electron chi connectivity index (χ3n) is 3.34. The van der Waals surface area contributed by atoms with Gasteiger partial charge in [0.25, 0.3) is 0 Å². The van der Waals surface area contributed by atoms with Crippen molar-refractivity contribution in [1.29, 1.82) is 0 Å². The van der Waals surface area contributed by atoms with E-state index in [1.54, 1.807) is 0 Å². The first-order valence-electron chi connectivity index (χ1n) is 7.03. The molecule has 1 fully saturated rings. The number of piperidine rings is 1. The molecule has 1 heterocycles. The van der Waals surface area contributed by atoms with Gasteiger partial charge in [0.05, 0.1) is 6.04 Å². The molecule has 1 atom stereocenters. The largest absolute Gasteiger partial charge is 0.351 e. The molecule has 21 heavy (non-hydrogen) atoms. The summed E-state index contributed by atoms with van der Waals surface area (Å²) in [7, 11) is 0. The van der Waals surface area contributed by atoms with Gasteiger partial charge >= 0.3 is 0 Å². The second-order valence-electron chi connectivity index (χ2n) is 5.10. The standard InChI is InChI=1S/C15H21N3O2.ClH/c1-11(19)18-13-6-4-5-12(9-13)10-17-15(20)14-7-2-3-8-16-14;/h4-6,9,14,16H,2-3,7-8,10H2,1H3,(H,17,20)(H,18,19);1H. The SMILES string of the molecule is CC(=O)Nc1cccc(CNC(=O)C2CCCCN2)c1.Cl. The van der Waals surface area contributed by atoms with E-state index >= 15 is 0 Å². The Bertz CT molecular complexity index is 488. The van der Waals surface area contributed by atoms with Gasteiger partial charge in [0.2, 0.25) is 11.8 Å². The number of nitrogens with one attached hydrogen (secondary N) is 3. The number of carbonyl (C=O) groups is 2. The summed E-state index contributed by atoms with van der Waals surface area (Å²) < 4.78 is 0. The summed E-state index contributed by atoms with van der Waals surface area (Å²) in [5.74, 6) is -0.0489. The molecule has 0 saturated carbocycles. The van der Waals surface area contributed by atoms with Crippen molar-refractivity contribution in [3.8, 4) is 0 Å². The van der Waals surface area contributed by atoms with Crippen LogP contribution in [-0.4, -0.2) is 24.4 Å². The van der Waals surface area contributed by atoms with Crippen molar-refractivity contribution < 1.29 is 9.59 Å². The third-order valence-corrected chi connectivity index (χ3v) is 3.34. The number of benzene rings is 1. The van der Waals surface area contributed by atoms with E-state index in [0.717, 1.165) is 37.1 Å². The molecule has 1 aliphatic rings. The molecule has 1 aromatic rings. The molecule has 3 N–H and O–H groups in total. The average molecular weight is 312 g/mol. The fraction of sp³-hybridized carbons (Fsp3) is 0.467. The van der Waals surface area contributed by atoms with Crippen molar-refractivity contribution in [3.63, 3.8) is 0 Å². The van der Waals surface area contributed by atoms with Gasteiger partial charge in [0.1, 0.15) is 0 Å². The Morgan fingerprint density at radius 3 is 2.81 bits per heavy atom. The first-order chi connectivity index (χ1) is 9.65. The fourth-order valence-electron chi connectivity index (χ4n) is 2.35. The molecule has 2 amide bonds. The summed E-state index contributed by atoms with van der Waals surface area (Å²) in [5.41, 5.74) is 1.72. The van der Waals surface area contributed by atoms with Crippen molar-refractivity contribution in [1.82, 2.24) is 10.6 Å². The van der Waals surface area contributed by atoms with Gasteiger partial charge in [-0.25, -0.2) is 0 Å². The zero-order valence-electron chi connectivity index (χ0n) is 12.1. The Morgan fingerprint density at radius 1 is 1.33 bits per heavy atom. The molecule has 0 radical (unpaired) electrons. The van der Waals surface area contributed by atoms with E-state index in [9.17, 15) is 9.59 Å². The highest BCUT2D eigenvalue weighted by atomic mass is 35.5. The van der Waals surface area contributed by atoms with Crippen LogP contribution in [0.15, 0.2) is 24.3 Å². The van der Waals surface area contributed by atoms with Crippen LogP contribution in [-0.2, 0) is 16.1 Å². The first kappa shape index (κ1) is 17.5. The number of amides is 2. The molecule has 1 unspecified atom stereocenters. The van der Waals surface area contributed by atoms with E-state index in [0.29, 0.717) is 6.54 Å². The van der Waals surface area contributed by atoms with Crippen molar-refractivity contribution in [2.45, 2.75) is 38.8 Å². The van der Waals surface area contributed by atoms with Crippen LogP contribution in [0.5, 0.6) is 0 Å². The Balaban J connectivity index is 0.00000220. The Kier molecular flexibility index (Phi) is 7.19. The quantitative estimate of drug-likeness (QED) is 0.794. The third kappa shape index (κ3) is 5.73. The maximum Gasteiger partial charge on any atom is 0.237 e. The molecule has 2 rings (SSSR count). The lowest BCUT2D eigenvalue weighted by Crippen LogP contribution is -2.46. The predicted octanol–water partition coefficient (Wildman–Crippen LogP) is 1.83. The van der Waals surface area contributed by atoms with Gasteiger partial charge < -0.3 is 16.0 Å². The molecular formula is C15H22ClN3O2. The fourth-order valence-corrected chi connectivity index (χ4v) is 2.35. The molecule has 116 valence electrons. The second kappa shape index (κ2) is 8.64. The molecule has 1 aliphatic heterocycles. The maximum atomic E-state index is 12.0. The van der Waals surface area contributed by atoms with E-state index in [2.05, 4.69) is 16.0 Å². The van der Waals surface area contributed by atoms with Crippen LogP contribution in [0.2, 0.25) is 0 Å². The van der Waals surface area contributed by atoms with Gasteiger partial charge in [-0.1, -0.05) is 18.6 Å². The molecule has 6 heteroatoms. The van der Waals surface area contributed by atoms with Gasteiger partial charge in [0.15, 0.2) is 0 Å². The monoisotopic (exact) mass is 311 g/mol. The van der Waals surface area contributed by atoms with Crippen LogP contribution in [0.4, 0.5) is 5.69 Å². The molecule has 1 aromatic carbocycles. The minimum atomic E-state index is -0.0995. The number of hydrogen-bond acceptors (Lipinski definition) is 3. The average Bonchev–Trinajstić information content (AvgIpc) is 2.45.